The van der Waals surface area contributed by atoms with Crippen LogP contribution in [0.3, 0.4) is 0 Å². The number of hydrogen-bond donors (Lipinski definition) is 1. The van der Waals surface area contributed by atoms with E-state index in [-0.39, 0.29) is 41.8 Å². The second-order valence-corrected chi connectivity index (χ2v) is 9.59. The van der Waals surface area contributed by atoms with Crippen molar-refractivity contribution in [1.29, 1.82) is 0 Å². The molecule has 16 heteroatoms. The van der Waals surface area contributed by atoms with Crippen molar-refractivity contribution in [3.63, 3.8) is 0 Å². The summed E-state index contributed by atoms with van der Waals surface area (Å²) in [5, 5.41) is 33.1. The van der Waals surface area contributed by atoms with Crippen molar-refractivity contribution in [3.05, 3.63) is 22.6 Å². The Hall–Kier alpha value is -1.52. The van der Waals surface area contributed by atoms with E-state index < -0.39 is 29.2 Å². The Bertz CT molecular complexity index is 997. The van der Waals surface area contributed by atoms with Crippen LogP contribution in [0.5, 0.6) is 0 Å². The summed E-state index contributed by atoms with van der Waals surface area (Å²) in [7, 11) is 0. The maximum absolute atomic E-state index is 12.6. The number of tetrazole rings is 1. The topological polar surface area (TPSA) is 159 Å². The molecule has 4 heterocycles. The molecule has 0 bridgehead atoms. The number of carbonyl (C=O) groups excluding carboxylic acids is 3. The third-order valence-corrected chi connectivity index (χ3v) is 7.53. The second kappa shape index (κ2) is 9.74. The van der Waals surface area contributed by atoms with Gasteiger partial charge in [-0.15, -0.1) is 27.1 Å². The number of aliphatic carboxylic acids is 1. The minimum Gasteiger partial charge on any atom is -0.543 e. The molecule has 0 spiro atoms. The maximum Gasteiger partial charge on any atom is 1.00 e. The number of β-lactam (4-membered cyclic amide) rings is 1. The largest absolute Gasteiger partial charge is 1.00 e. The number of fused-ring (bicyclic) bond motifs is 1. The average Bonchev–Trinajstić information content (AvgIpc) is 3.35. The summed E-state index contributed by atoms with van der Waals surface area (Å²) in [6, 6.07) is -0.807. The number of carboxylic acids is 1. The first-order valence-corrected chi connectivity index (χ1v) is 11.1. The first-order valence-electron chi connectivity index (χ1n) is 8.25. The number of amides is 2. The first kappa shape index (κ1) is 23.1. The van der Waals surface area contributed by atoms with Crippen LogP contribution >= 0.6 is 34.9 Å². The Morgan fingerprint density at radius 2 is 2.20 bits per heavy atom. The van der Waals surface area contributed by atoms with Gasteiger partial charge in [0.25, 0.3) is 5.91 Å². The zero-order valence-electron chi connectivity index (χ0n) is 15.8. The Morgan fingerprint density at radius 1 is 1.40 bits per heavy atom. The van der Waals surface area contributed by atoms with Crippen molar-refractivity contribution >= 4 is 52.6 Å². The maximum atomic E-state index is 12.6. The van der Waals surface area contributed by atoms with E-state index in [1.807, 2.05) is 6.92 Å². The molecule has 0 aliphatic carbocycles. The van der Waals surface area contributed by atoms with E-state index in [9.17, 15) is 19.5 Å². The monoisotopic (exact) mass is 476 g/mol. The fraction of sp³-hybridized carbons (Fsp3) is 0.429. The van der Waals surface area contributed by atoms with Crippen LogP contribution in [-0.4, -0.2) is 76.0 Å². The molecule has 2 atom stereocenters. The Balaban J connectivity index is 0.00000256. The smallest absolute Gasteiger partial charge is 0.543 e. The molecule has 0 aromatic carbocycles. The second-order valence-electron chi connectivity index (χ2n) is 6.08. The third-order valence-electron chi connectivity index (χ3n) is 4.13. The van der Waals surface area contributed by atoms with Gasteiger partial charge in [-0.25, -0.2) is 4.68 Å². The SMILES string of the molecule is Cc1nnc(SCC2=C(C(=O)[O-])N3C(=O)C(NC(=O)Cn4cnnn4)[C@H]3SC2)s1.[Na+]. The van der Waals surface area contributed by atoms with Gasteiger partial charge in [0, 0.05) is 11.5 Å². The van der Waals surface area contributed by atoms with Crippen LogP contribution in [0.15, 0.2) is 21.9 Å². The normalized spacial score (nSPS) is 20.3. The van der Waals surface area contributed by atoms with E-state index in [2.05, 4.69) is 31.0 Å². The Kier molecular flexibility index (Phi) is 7.52. The van der Waals surface area contributed by atoms with E-state index >= 15 is 0 Å². The summed E-state index contributed by atoms with van der Waals surface area (Å²) in [6.07, 6.45) is 1.28. The molecule has 2 aromatic heterocycles. The molecular formula is C14H13N8NaO4S3. The van der Waals surface area contributed by atoms with Crippen LogP contribution in [0.4, 0.5) is 0 Å². The summed E-state index contributed by atoms with van der Waals surface area (Å²) in [4.78, 5) is 37.6. The molecule has 12 nitrogen and oxygen atoms in total. The third kappa shape index (κ3) is 4.70. The van der Waals surface area contributed by atoms with Gasteiger partial charge in [0.05, 0.1) is 11.7 Å². The number of carboxylic acid groups (broad SMARTS) is 1. The number of hydrogen-bond acceptors (Lipinski definition) is 12. The summed E-state index contributed by atoms with van der Waals surface area (Å²) in [5.74, 6) is -1.57. The Morgan fingerprint density at radius 3 is 2.83 bits per heavy atom. The van der Waals surface area contributed by atoms with E-state index in [1.54, 1.807) is 0 Å². The van der Waals surface area contributed by atoms with Crippen LogP contribution in [0.1, 0.15) is 5.01 Å². The molecule has 2 amide bonds. The number of nitrogens with zero attached hydrogens (tertiary/aromatic N) is 7. The summed E-state index contributed by atoms with van der Waals surface area (Å²) >= 11 is 4.17. The van der Waals surface area contributed by atoms with Crippen molar-refractivity contribution in [2.75, 3.05) is 11.5 Å². The summed E-state index contributed by atoms with van der Waals surface area (Å²) < 4.78 is 1.95. The molecule has 1 fully saturated rings. The molecule has 1 unspecified atom stereocenters. The van der Waals surface area contributed by atoms with Gasteiger partial charge in [0.15, 0.2) is 4.34 Å². The molecule has 1 N–H and O–H groups in total. The molecule has 152 valence electrons. The molecule has 0 saturated carbocycles. The first-order chi connectivity index (χ1) is 13.9. The number of nitrogens with one attached hydrogen (secondary N) is 1. The predicted molar refractivity (Wildman–Crippen MR) is 100 cm³/mol. The quantitative estimate of drug-likeness (QED) is 0.232. The van der Waals surface area contributed by atoms with Crippen molar-refractivity contribution in [3.8, 4) is 0 Å². The molecule has 2 aliphatic heterocycles. The van der Waals surface area contributed by atoms with E-state index in [1.165, 1.54) is 50.8 Å². The van der Waals surface area contributed by atoms with Gasteiger partial charge < -0.3 is 15.2 Å². The van der Waals surface area contributed by atoms with Gasteiger partial charge in [-0.3, -0.25) is 14.5 Å². The van der Waals surface area contributed by atoms with Crippen molar-refractivity contribution in [2.45, 2.75) is 29.2 Å². The molecule has 2 aliphatic rings. The standard InChI is InChI=1S/C14H14N8O4S3.Na/c1-6-17-18-14(29-6)28-4-7-3-27-12-9(11(24)22(12)10(7)13(25)26)16-8(23)2-21-5-15-19-20-21;/h5,9,12H,2-4H2,1H3,(H,16,23)(H,25,26);/q;+1/p-1/t9?,12-;/m1./s1. The summed E-state index contributed by atoms with van der Waals surface area (Å²) in [6.45, 7) is 1.70. The van der Waals surface area contributed by atoms with Crippen molar-refractivity contribution < 1.29 is 49.0 Å². The van der Waals surface area contributed by atoms with Gasteiger partial charge in [-0.2, -0.15) is 0 Å². The van der Waals surface area contributed by atoms with Gasteiger partial charge in [0.1, 0.15) is 29.3 Å². The van der Waals surface area contributed by atoms with Gasteiger partial charge in [-0.05, 0) is 22.9 Å². The van der Waals surface area contributed by atoms with Crippen molar-refractivity contribution in [1.82, 2.24) is 40.6 Å². The van der Waals surface area contributed by atoms with E-state index in [0.717, 1.165) is 9.35 Å². The molecule has 4 rings (SSSR count). The van der Waals surface area contributed by atoms with E-state index in [4.69, 9.17) is 0 Å². The van der Waals surface area contributed by atoms with Gasteiger partial charge in [-0.1, -0.05) is 23.1 Å². The van der Waals surface area contributed by atoms with Crippen LogP contribution in [0.25, 0.3) is 0 Å². The number of carbonyl (C=O) groups is 3. The van der Waals surface area contributed by atoms with Gasteiger partial charge >= 0.3 is 29.6 Å². The van der Waals surface area contributed by atoms with Crippen LogP contribution < -0.4 is 40.0 Å². The molecular weight excluding hydrogens is 463 g/mol. The molecule has 30 heavy (non-hydrogen) atoms. The Labute approximate surface area is 204 Å². The minimum atomic E-state index is -1.41. The number of aromatic nitrogens is 6. The molecule has 2 aromatic rings. The van der Waals surface area contributed by atoms with Crippen LogP contribution in [-0.2, 0) is 20.9 Å². The minimum absolute atomic E-state index is 0. The fourth-order valence-electron chi connectivity index (χ4n) is 2.89. The number of rotatable bonds is 7. The zero-order valence-corrected chi connectivity index (χ0v) is 20.3. The molecule has 1 saturated heterocycles. The predicted octanol–water partition coefficient (Wildman–Crippen LogP) is -4.97. The van der Waals surface area contributed by atoms with Crippen LogP contribution in [0.2, 0.25) is 0 Å². The molecule has 0 radical (unpaired) electrons. The van der Waals surface area contributed by atoms with Crippen LogP contribution in [0, 0.1) is 6.92 Å². The van der Waals surface area contributed by atoms with Crippen molar-refractivity contribution in [2.24, 2.45) is 0 Å². The average molecular weight is 477 g/mol. The van der Waals surface area contributed by atoms with E-state index in [0.29, 0.717) is 17.1 Å². The number of thioether (sulfide) groups is 2. The van der Waals surface area contributed by atoms with Gasteiger partial charge in [0.2, 0.25) is 5.91 Å². The number of aryl methyl sites for hydroxylation is 1. The fourth-order valence-corrected chi connectivity index (χ4v) is 6.19. The summed E-state index contributed by atoms with van der Waals surface area (Å²) in [5.41, 5.74) is 0.453. The zero-order chi connectivity index (χ0) is 20.5.